The zero-order chi connectivity index (χ0) is 16.7. The number of pyridine rings is 1. The van der Waals surface area contributed by atoms with Crippen LogP contribution in [0.25, 0.3) is 0 Å². The number of benzene rings is 1. The van der Waals surface area contributed by atoms with E-state index in [1.165, 1.54) is 0 Å². The van der Waals surface area contributed by atoms with E-state index in [-0.39, 0.29) is 12.7 Å². The zero-order valence-corrected chi connectivity index (χ0v) is 13.6. The normalized spacial score (nSPS) is 17.9. The van der Waals surface area contributed by atoms with E-state index in [1.54, 1.807) is 23.2 Å². The summed E-state index contributed by atoms with van der Waals surface area (Å²) < 4.78 is 16.7. The Balaban J connectivity index is 1.65. The minimum absolute atomic E-state index is 0.0821. The molecule has 0 unspecified atom stereocenters. The van der Waals surface area contributed by atoms with Gasteiger partial charge in [-0.25, -0.2) is 4.98 Å². The van der Waals surface area contributed by atoms with Crippen LogP contribution in [0.4, 0.5) is 0 Å². The molecule has 0 spiro atoms. The van der Waals surface area contributed by atoms with Crippen molar-refractivity contribution >= 4 is 5.91 Å². The van der Waals surface area contributed by atoms with Gasteiger partial charge in [0.1, 0.15) is 11.2 Å². The monoisotopic (exact) mass is 326 g/mol. The second-order valence-corrected chi connectivity index (χ2v) is 6.57. The lowest BCUT2D eigenvalue weighted by atomic mass is 10.1. The van der Waals surface area contributed by atoms with E-state index >= 15 is 0 Å². The predicted octanol–water partition coefficient (Wildman–Crippen LogP) is 2.62. The summed E-state index contributed by atoms with van der Waals surface area (Å²) in [7, 11) is 0. The van der Waals surface area contributed by atoms with E-state index < -0.39 is 5.60 Å². The zero-order valence-electron chi connectivity index (χ0n) is 13.6. The molecule has 0 aliphatic carbocycles. The van der Waals surface area contributed by atoms with Gasteiger partial charge in [0, 0.05) is 12.7 Å². The van der Waals surface area contributed by atoms with Gasteiger partial charge in [0.2, 0.25) is 12.7 Å². The second-order valence-electron chi connectivity index (χ2n) is 6.57. The van der Waals surface area contributed by atoms with Crippen molar-refractivity contribution in [2.75, 3.05) is 13.3 Å². The molecule has 6 nitrogen and oxygen atoms in total. The molecule has 0 saturated heterocycles. The number of aromatic nitrogens is 1. The molecule has 4 rings (SSSR count). The van der Waals surface area contributed by atoms with Crippen LogP contribution in [-0.4, -0.2) is 34.7 Å². The third-order valence-corrected chi connectivity index (χ3v) is 4.04. The first-order chi connectivity index (χ1) is 11.5. The standard InChI is InChI=1S/C18H18N2O4/c1-18(2)10-20(17(21)13-4-3-7-19-16(13)24-18)9-12-5-6-14-15(8-12)23-11-22-14/h3-8H,9-11H2,1-2H3. The summed E-state index contributed by atoms with van der Waals surface area (Å²) in [5, 5.41) is 0. The van der Waals surface area contributed by atoms with Crippen LogP contribution in [0.1, 0.15) is 29.8 Å². The van der Waals surface area contributed by atoms with E-state index in [1.807, 2.05) is 32.0 Å². The minimum atomic E-state index is -0.522. The van der Waals surface area contributed by atoms with Gasteiger partial charge in [-0.3, -0.25) is 4.79 Å². The van der Waals surface area contributed by atoms with Crippen LogP contribution < -0.4 is 14.2 Å². The summed E-state index contributed by atoms with van der Waals surface area (Å²) in [6.07, 6.45) is 1.63. The van der Waals surface area contributed by atoms with Gasteiger partial charge in [0.15, 0.2) is 11.5 Å². The highest BCUT2D eigenvalue weighted by atomic mass is 16.7. The SMILES string of the molecule is CC1(C)CN(Cc2ccc3c(c2)OCO3)C(=O)c2cccnc2O1. The van der Waals surface area contributed by atoms with Gasteiger partial charge >= 0.3 is 0 Å². The summed E-state index contributed by atoms with van der Waals surface area (Å²) in [5.41, 5.74) is 0.950. The molecule has 1 aromatic heterocycles. The number of nitrogens with zero attached hydrogens (tertiary/aromatic N) is 2. The van der Waals surface area contributed by atoms with Crippen LogP contribution in [0.3, 0.4) is 0 Å². The fraction of sp³-hybridized carbons (Fsp3) is 0.333. The molecule has 2 aliphatic rings. The van der Waals surface area contributed by atoms with E-state index in [2.05, 4.69) is 4.98 Å². The molecule has 124 valence electrons. The number of hydrogen-bond donors (Lipinski definition) is 0. The highest BCUT2D eigenvalue weighted by molar-refractivity contribution is 5.96. The van der Waals surface area contributed by atoms with Gasteiger partial charge in [0.25, 0.3) is 5.91 Å². The molecule has 0 saturated carbocycles. The van der Waals surface area contributed by atoms with Crippen molar-refractivity contribution in [3.8, 4) is 17.4 Å². The fourth-order valence-corrected chi connectivity index (χ4v) is 3.02. The second kappa shape index (κ2) is 5.40. The van der Waals surface area contributed by atoms with Gasteiger partial charge in [-0.15, -0.1) is 0 Å². The third-order valence-electron chi connectivity index (χ3n) is 4.04. The molecular weight excluding hydrogens is 308 g/mol. The molecule has 0 fully saturated rings. The van der Waals surface area contributed by atoms with Crippen LogP contribution in [0, 0.1) is 0 Å². The molecule has 0 bridgehead atoms. The van der Waals surface area contributed by atoms with Crippen LogP contribution in [0.5, 0.6) is 17.4 Å². The average molecular weight is 326 g/mol. The summed E-state index contributed by atoms with van der Waals surface area (Å²) in [6, 6.07) is 9.23. The lowest BCUT2D eigenvalue weighted by Crippen LogP contribution is -2.42. The maximum atomic E-state index is 12.9. The summed E-state index contributed by atoms with van der Waals surface area (Å²) >= 11 is 0. The Labute approximate surface area is 140 Å². The number of ether oxygens (including phenoxy) is 3. The molecule has 24 heavy (non-hydrogen) atoms. The molecular formula is C18H18N2O4. The maximum absolute atomic E-state index is 12.9. The predicted molar refractivity (Wildman–Crippen MR) is 86.2 cm³/mol. The van der Waals surface area contributed by atoms with Crippen LogP contribution in [0.15, 0.2) is 36.5 Å². The Morgan fingerprint density at radius 3 is 2.92 bits per heavy atom. The highest BCUT2D eigenvalue weighted by Crippen LogP contribution is 2.34. The largest absolute Gasteiger partial charge is 0.469 e. The molecule has 6 heteroatoms. The molecule has 2 aliphatic heterocycles. The molecule has 2 aromatic rings. The molecule has 0 atom stereocenters. The highest BCUT2D eigenvalue weighted by Gasteiger charge is 2.34. The number of fused-ring (bicyclic) bond motifs is 2. The first kappa shape index (κ1) is 14.8. The van der Waals surface area contributed by atoms with Crippen LogP contribution in [-0.2, 0) is 6.54 Å². The number of amides is 1. The van der Waals surface area contributed by atoms with Gasteiger partial charge in [-0.1, -0.05) is 6.07 Å². The van der Waals surface area contributed by atoms with Crippen molar-refractivity contribution in [1.29, 1.82) is 0 Å². The summed E-state index contributed by atoms with van der Waals surface area (Å²) in [5.74, 6) is 1.76. The number of carbonyl (C=O) groups excluding carboxylic acids is 1. The smallest absolute Gasteiger partial charge is 0.259 e. The van der Waals surface area contributed by atoms with Gasteiger partial charge < -0.3 is 19.1 Å². The molecule has 3 heterocycles. The molecule has 1 aromatic carbocycles. The topological polar surface area (TPSA) is 60.9 Å². The van der Waals surface area contributed by atoms with Crippen LogP contribution >= 0.6 is 0 Å². The summed E-state index contributed by atoms with van der Waals surface area (Å²) in [4.78, 5) is 18.9. The third kappa shape index (κ3) is 2.64. The van der Waals surface area contributed by atoms with Gasteiger partial charge in [-0.05, 0) is 43.7 Å². The van der Waals surface area contributed by atoms with Crippen molar-refractivity contribution in [2.45, 2.75) is 26.0 Å². The van der Waals surface area contributed by atoms with Crippen molar-refractivity contribution in [1.82, 2.24) is 9.88 Å². The first-order valence-corrected chi connectivity index (χ1v) is 7.84. The Bertz CT molecular complexity index is 803. The lowest BCUT2D eigenvalue weighted by molar-refractivity contribution is 0.0505. The fourth-order valence-electron chi connectivity index (χ4n) is 3.02. The molecule has 1 amide bonds. The Kier molecular flexibility index (Phi) is 3.33. The van der Waals surface area contributed by atoms with Crippen molar-refractivity contribution in [2.24, 2.45) is 0 Å². The number of carbonyl (C=O) groups is 1. The van der Waals surface area contributed by atoms with E-state index in [0.717, 1.165) is 11.3 Å². The van der Waals surface area contributed by atoms with Gasteiger partial charge in [0.05, 0.1) is 6.54 Å². The van der Waals surface area contributed by atoms with Crippen molar-refractivity contribution < 1.29 is 19.0 Å². The molecule has 0 radical (unpaired) electrons. The summed E-state index contributed by atoms with van der Waals surface area (Å²) in [6.45, 7) is 5.09. The van der Waals surface area contributed by atoms with E-state index in [0.29, 0.717) is 30.3 Å². The first-order valence-electron chi connectivity index (χ1n) is 7.84. The van der Waals surface area contributed by atoms with Crippen molar-refractivity contribution in [3.63, 3.8) is 0 Å². The quantitative estimate of drug-likeness (QED) is 0.849. The maximum Gasteiger partial charge on any atom is 0.259 e. The average Bonchev–Trinajstić information content (AvgIpc) is 2.97. The van der Waals surface area contributed by atoms with E-state index in [9.17, 15) is 4.79 Å². The van der Waals surface area contributed by atoms with Gasteiger partial charge in [-0.2, -0.15) is 0 Å². The Morgan fingerprint density at radius 1 is 1.21 bits per heavy atom. The molecule has 0 N–H and O–H groups in total. The number of rotatable bonds is 2. The number of hydrogen-bond acceptors (Lipinski definition) is 5. The van der Waals surface area contributed by atoms with Crippen LogP contribution in [0.2, 0.25) is 0 Å². The lowest BCUT2D eigenvalue weighted by Gasteiger charge is -2.29. The van der Waals surface area contributed by atoms with E-state index in [4.69, 9.17) is 14.2 Å². The Morgan fingerprint density at radius 2 is 2.04 bits per heavy atom. The van der Waals surface area contributed by atoms with Crippen molar-refractivity contribution in [3.05, 3.63) is 47.7 Å². The Hall–Kier alpha value is -2.76. The minimum Gasteiger partial charge on any atom is -0.469 e.